The van der Waals surface area contributed by atoms with Gasteiger partial charge in [0, 0.05) is 12.8 Å². The fraction of sp³-hybridized carbons (Fsp3) is 0.660. The normalized spacial score (nSPS) is 13.7. The van der Waals surface area contributed by atoms with Crippen LogP contribution in [0.15, 0.2) is 85.1 Å². The van der Waals surface area contributed by atoms with Gasteiger partial charge in [-0.25, -0.2) is 0 Å². The first-order chi connectivity index (χ1) is 28.6. The molecule has 0 bridgehead atoms. The van der Waals surface area contributed by atoms with Crippen LogP contribution >= 0.6 is 0 Å². The monoisotopic (exact) mass is 826 g/mol. The molecule has 59 heavy (non-hydrogen) atoms. The van der Waals surface area contributed by atoms with Crippen LogP contribution in [0.1, 0.15) is 155 Å². The Morgan fingerprint density at radius 2 is 1.00 bits per heavy atom. The molecule has 0 N–H and O–H groups in total. The summed E-state index contributed by atoms with van der Waals surface area (Å²) in [6, 6.07) is 0. The topological polar surface area (TPSA) is 111 Å². The van der Waals surface area contributed by atoms with Crippen molar-refractivity contribution in [3.05, 3.63) is 85.1 Å². The zero-order valence-corrected chi connectivity index (χ0v) is 37.8. The first-order valence-corrected chi connectivity index (χ1v) is 22.7. The van der Waals surface area contributed by atoms with Crippen molar-refractivity contribution in [1.29, 1.82) is 0 Å². The summed E-state index contributed by atoms with van der Waals surface area (Å²) in [5.41, 5.74) is 0. The van der Waals surface area contributed by atoms with E-state index in [1.165, 1.54) is 38.5 Å². The number of carbonyl (C=O) groups is 3. The van der Waals surface area contributed by atoms with Crippen LogP contribution in [-0.4, -0.2) is 82.3 Å². The van der Waals surface area contributed by atoms with Gasteiger partial charge in [-0.3, -0.25) is 9.59 Å². The summed E-state index contributed by atoms with van der Waals surface area (Å²) in [6.45, 7) is 4.48. The average molecular weight is 826 g/mol. The minimum absolute atomic E-state index is 0.119. The number of ether oxygens (including phenoxy) is 4. The van der Waals surface area contributed by atoms with Crippen LogP contribution in [0.3, 0.4) is 0 Å². The summed E-state index contributed by atoms with van der Waals surface area (Å²) in [5, 5.41) is 11.7. The molecule has 0 saturated carbocycles. The van der Waals surface area contributed by atoms with Gasteiger partial charge in [-0.05, 0) is 77.0 Å². The lowest BCUT2D eigenvalue weighted by Gasteiger charge is -2.26. The summed E-state index contributed by atoms with van der Waals surface area (Å²) in [7, 11) is 5.87. The van der Waals surface area contributed by atoms with Crippen LogP contribution in [-0.2, 0) is 33.3 Å². The standard InChI is InChI=1S/C50H83NO8/c1-6-8-10-12-14-16-18-20-21-22-23-24-25-26-27-29-30-32-34-36-38-40-47(52)57-44-46(45-58-50(49(54)55)56-43-42-51(3,4)5)59-48(53)41-39-37-35-33-31-28-19-17-15-13-11-9-7-2/h9,11,15,17-18,20,22-23,25-26,28,31,35,37,46,50H,6-8,10,12-14,16,19,21,24,27,29-30,32-34,36,38-45H2,1-5H3/b11-9-,17-15-,20-18-,23-22-,26-25-,31-28-,37-35-. The molecule has 0 aromatic carbocycles. The van der Waals surface area contributed by atoms with Gasteiger partial charge in [0.1, 0.15) is 13.2 Å². The van der Waals surface area contributed by atoms with Crippen LogP contribution in [0.25, 0.3) is 0 Å². The highest BCUT2D eigenvalue weighted by Crippen LogP contribution is 2.11. The van der Waals surface area contributed by atoms with Crippen molar-refractivity contribution in [1.82, 2.24) is 0 Å². The predicted octanol–water partition coefficient (Wildman–Crippen LogP) is 10.8. The molecular weight excluding hydrogens is 743 g/mol. The molecule has 2 unspecified atom stereocenters. The molecule has 0 spiro atoms. The average Bonchev–Trinajstić information content (AvgIpc) is 3.19. The largest absolute Gasteiger partial charge is 0.545 e. The number of rotatable bonds is 40. The molecule has 0 aromatic rings. The van der Waals surface area contributed by atoms with Crippen molar-refractivity contribution in [2.75, 3.05) is 47.5 Å². The number of nitrogens with zero attached hydrogens (tertiary/aromatic N) is 1. The summed E-state index contributed by atoms with van der Waals surface area (Å²) in [6.07, 6.45) is 49.2. The van der Waals surface area contributed by atoms with Crippen molar-refractivity contribution in [2.45, 2.75) is 167 Å². The highest BCUT2D eigenvalue weighted by Gasteiger charge is 2.21. The van der Waals surface area contributed by atoms with E-state index in [4.69, 9.17) is 18.9 Å². The van der Waals surface area contributed by atoms with Gasteiger partial charge in [0.25, 0.3) is 0 Å². The lowest BCUT2D eigenvalue weighted by atomic mass is 10.1. The first-order valence-electron chi connectivity index (χ1n) is 22.7. The van der Waals surface area contributed by atoms with E-state index in [1.807, 2.05) is 33.3 Å². The molecule has 9 heteroatoms. The zero-order valence-electron chi connectivity index (χ0n) is 37.8. The Bertz CT molecular complexity index is 1240. The predicted molar refractivity (Wildman–Crippen MR) is 241 cm³/mol. The molecule has 0 aliphatic carbocycles. The lowest BCUT2D eigenvalue weighted by Crippen LogP contribution is -2.44. The third kappa shape index (κ3) is 42.4. The number of likely N-dealkylation sites (N-methyl/N-ethyl adjacent to an activating group) is 1. The molecule has 336 valence electrons. The van der Waals surface area contributed by atoms with Crippen LogP contribution in [0.2, 0.25) is 0 Å². The summed E-state index contributed by atoms with van der Waals surface area (Å²) in [5.74, 6) is -2.42. The van der Waals surface area contributed by atoms with Crippen molar-refractivity contribution in [2.24, 2.45) is 0 Å². The number of hydrogen-bond donors (Lipinski definition) is 0. The molecule has 0 aliphatic heterocycles. The highest BCUT2D eigenvalue weighted by molar-refractivity contribution is 5.70. The molecule has 0 saturated heterocycles. The van der Waals surface area contributed by atoms with Gasteiger partial charge in [-0.2, -0.15) is 0 Å². The van der Waals surface area contributed by atoms with Crippen LogP contribution < -0.4 is 5.11 Å². The van der Waals surface area contributed by atoms with E-state index in [1.54, 1.807) is 0 Å². The number of carboxylic acid groups (broad SMARTS) is 1. The molecule has 0 heterocycles. The second-order valence-corrected chi connectivity index (χ2v) is 16.0. The van der Waals surface area contributed by atoms with Gasteiger partial charge in [0.2, 0.25) is 0 Å². The van der Waals surface area contributed by atoms with Gasteiger partial charge in [0.15, 0.2) is 12.4 Å². The van der Waals surface area contributed by atoms with Crippen molar-refractivity contribution in [3.63, 3.8) is 0 Å². The van der Waals surface area contributed by atoms with Gasteiger partial charge in [0.05, 0.1) is 40.3 Å². The fourth-order valence-electron chi connectivity index (χ4n) is 5.61. The Balaban J connectivity index is 4.50. The third-order valence-electron chi connectivity index (χ3n) is 9.14. The van der Waals surface area contributed by atoms with Gasteiger partial charge < -0.3 is 33.3 Å². The number of carboxylic acids is 1. The Labute approximate surface area is 359 Å². The molecule has 0 rings (SSSR count). The zero-order chi connectivity index (χ0) is 43.5. The molecule has 0 fully saturated rings. The maximum Gasteiger partial charge on any atom is 0.306 e. The lowest BCUT2D eigenvalue weighted by molar-refractivity contribution is -0.870. The maximum absolute atomic E-state index is 12.7. The number of allylic oxidation sites excluding steroid dienone is 14. The number of unbranched alkanes of at least 4 members (excludes halogenated alkanes) is 11. The number of quaternary nitrogens is 1. The number of carbonyl (C=O) groups excluding carboxylic acids is 3. The van der Waals surface area contributed by atoms with E-state index in [2.05, 4.69) is 86.8 Å². The Kier molecular flexibility index (Phi) is 38.7. The van der Waals surface area contributed by atoms with E-state index in [-0.39, 0.29) is 32.7 Å². The van der Waals surface area contributed by atoms with Gasteiger partial charge in [-0.15, -0.1) is 0 Å². The molecular formula is C50H83NO8. The van der Waals surface area contributed by atoms with Crippen LogP contribution in [0, 0.1) is 0 Å². The molecule has 9 nitrogen and oxygen atoms in total. The Morgan fingerprint density at radius 3 is 1.51 bits per heavy atom. The van der Waals surface area contributed by atoms with Crippen molar-refractivity contribution < 1.29 is 42.9 Å². The molecule has 0 aromatic heterocycles. The molecule has 0 amide bonds. The minimum Gasteiger partial charge on any atom is -0.545 e. The van der Waals surface area contributed by atoms with E-state index in [9.17, 15) is 19.5 Å². The number of esters is 2. The second kappa shape index (κ2) is 41.2. The first kappa shape index (κ1) is 55.5. The SMILES string of the molecule is CC/C=C\C/C=C\C/C=C\C/C=C\CCC(=O)OC(COC(=O)CCCCCCCC/C=C\C/C=C\C/C=C\CCCCCCC)COC(OCC[N+](C)(C)C)C(=O)[O-]. The third-order valence-corrected chi connectivity index (χ3v) is 9.14. The number of aliphatic carboxylic acids is 1. The van der Waals surface area contributed by atoms with E-state index >= 15 is 0 Å². The molecule has 0 aliphatic rings. The smallest absolute Gasteiger partial charge is 0.306 e. The number of hydrogen-bond acceptors (Lipinski definition) is 8. The van der Waals surface area contributed by atoms with Gasteiger partial charge >= 0.3 is 11.9 Å². The van der Waals surface area contributed by atoms with E-state index < -0.39 is 30.3 Å². The minimum atomic E-state index is -1.65. The summed E-state index contributed by atoms with van der Waals surface area (Å²) >= 11 is 0. The Morgan fingerprint density at radius 1 is 0.525 bits per heavy atom. The van der Waals surface area contributed by atoms with Crippen LogP contribution in [0.4, 0.5) is 0 Å². The van der Waals surface area contributed by atoms with Crippen LogP contribution in [0.5, 0.6) is 0 Å². The van der Waals surface area contributed by atoms with Crippen molar-refractivity contribution >= 4 is 17.9 Å². The summed E-state index contributed by atoms with van der Waals surface area (Å²) in [4.78, 5) is 36.9. The van der Waals surface area contributed by atoms with Gasteiger partial charge in [-0.1, -0.05) is 150 Å². The highest BCUT2D eigenvalue weighted by atomic mass is 16.7. The fourth-order valence-corrected chi connectivity index (χ4v) is 5.61. The molecule has 0 radical (unpaired) electrons. The maximum atomic E-state index is 12.7. The van der Waals surface area contributed by atoms with E-state index in [0.717, 1.165) is 77.0 Å². The van der Waals surface area contributed by atoms with Crippen molar-refractivity contribution in [3.8, 4) is 0 Å². The quantitative estimate of drug-likeness (QED) is 0.0197. The van der Waals surface area contributed by atoms with E-state index in [0.29, 0.717) is 23.9 Å². The second-order valence-electron chi connectivity index (χ2n) is 16.0. The molecule has 2 atom stereocenters. The summed E-state index contributed by atoms with van der Waals surface area (Å²) < 4.78 is 22.4. The Hall–Kier alpha value is -3.53.